The van der Waals surface area contributed by atoms with E-state index in [1.165, 1.54) is 28.2 Å². The molecule has 1 aliphatic heterocycles. The molecule has 0 radical (unpaired) electrons. The van der Waals surface area contributed by atoms with E-state index in [0.717, 1.165) is 35.8 Å². The highest BCUT2D eigenvalue weighted by Crippen LogP contribution is 2.40. The Labute approximate surface area is 157 Å². The van der Waals surface area contributed by atoms with Gasteiger partial charge in [-0.3, -0.25) is 0 Å². The van der Waals surface area contributed by atoms with Crippen molar-refractivity contribution in [3.63, 3.8) is 0 Å². The van der Waals surface area contributed by atoms with Crippen LogP contribution in [0.2, 0.25) is 4.34 Å². The van der Waals surface area contributed by atoms with Gasteiger partial charge in [-0.2, -0.15) is 18.3 Å². The fourth-order valence-electron chi connectivity index (χ4n) is 3.21. The van der Waals surface area contributed by atoms with Gasteiger partial charge in [0.2, 0.25) is 0 Å². The number of nitrogens with one attached hydrogen (secondary N) is 1. The van der Waals surface area contributed by atoms with Crippen LogP contribution in [0.5, 0.6) is 0 Å². The zero-order valence-electron chi connectivity index (χ0n) is 13.6. The lowest BCUT2D eigenvalue weighted by molar-refractivity contribution is -0.137. The van der Waals surface area contributed by atoms with Crippen molar-refractivity contribution in [2.45, 2.75) is 25.4 Å². The van der Waals surface area contributed by atoms with Gasteiger partial charge in [-0.25, -0.2) is 4.68 Å². The molecule has 3 heterocycles. The summed E-state index contributed by atoms with van der Waals surface area (Å²) in [6, 6.07) is 9.16. The average Bonchev–Trinajstić information content (AvgIpc) is 3.09. The van der Waals surface area contributed by atoms with Gasteiger partial charge in [0.15, 0.2) is 0 Å². The lowest BCUT2D eigenvalue weighted by Crippen LogP contribution is -2.14. The standard InChI is InChI=1S/C18H15ClF3N3S/c19-15-9-8-14(26-15)16-11-5-3-4-10-23-17(11)25(24-16)13-7-2-1-6-12(13)18(20,21)22/h1-2,6-9,23H,3-5,10H2. The Morgan fingerprint density at radius 1 is 1.12 bits per heavy atom. The highest BCUT2D eigenvalue weighted by Gasteiger charge is 2.35. The molecule has 3 aromatic rings. The van der Waals surface area contributed by atoms with Crippen LogP contribution in [0.3, 0.4) is 0 Å². The Hall–Kier alpha value is -1.99. The van der Waals surface area contributed by atoms with Gasteiger partial charge in [0.25, 0.3) is 0 Å². The van der Waals surface area contributed by atoms with Crippen LogP contribution in [0.15, 0.2) is 36.4 Å². The number of fused-ring (bicyclic) bond motifs is 1. The molecule has 0 spiro atoms. The topological polar surface area (TPSA) is 29.9 Å². The van der Waals surface area contributed by atoms with E-state index in [4.69, 9.17) is 11.6 Å². The maximum atomic E-state index is 13.5. The normalized spacial score (nSPS) is 14.6. The summed E-state index contributed by atoms with van der Waals surface area (Å²) in [6.07, 6.45) is -1.77. The molecule has 26 heavy (non-hydrogen) atoms. The molecule has 3 nitrogen and oxygen atoms in total. The third kappa shape index (κ3) is 3.10. The molecule has 1 N–H and O–H groups in total. The second kappa shape index (κ2) is 6.63. The molecule has 0 saturated heterocycles. The summed E-state index contributed by atoms with van der Waals surface area (Å²) in [7, 11) is 0. The van der Waals surface area contributed by atoms with Gasteiger partial charge in [-0.05, 0) is 43.5 Å². The maximum Gasteiger partial charge on any atom is 0.418 e. The van der Waals surface area contributed by atoms with Crippen LogP contribution in [-0.2, 0) is 12.6 Å². The third-order valence-corrected chi connectivity index (χ3v) is 5.61. The molecule has 0 amide bonds. The highest BCUT2D eigenvalue weighted by molar-refractivity contribution is 7.19. The predicted molar refractivity (Wildman–Crippen MR) is 98.3 cm³/mol. The van der Waals surface area contributed by atoms with Gasteiger partial charge in [-0.15, -0.1) is 11.3 Å². The molecule has 1 aliphatic rings. The molecular formula is C18H15ClF3N3S. The van der Waals surface area contributed by atoms with E-state index in [2.05, 4.69) is 10.4 Å². The predicted octanol–water partition coefficient (Wildman–Crippen LogP) is 6.02. The number of hydrogen-bond acceptors (Lipinski definition) is 3. The zero-order valence-corrected chi connectivity index (χ0v) is 15.2. The Kier molecular flexibility index (Phi) is 4.44. The number of halogens is 4. The molecular weight excluding hydrogens is 383 g/mol. The van der Waals surface area contributed by atoms with E-state index in [9.17, 15) is 13.2 Å². The van der Waals surface area contributed by atoms with Crippen molar-refractivity contribution in [2.24, 2.45) is 0 Å². The lowest BCUT2D eigenvalue weighted by Gasteiger charge is -2.15. The van der Waals surface area contributed by atoms with Crippen LogP contribution in [0, 0.1) is 0 Å². The summed E-state index contributed by atoms with van der Waals surface area (Å²) in [5.74, 6) is 0.638. The number of benzene rings is 1. The number of aromatic nitrogens is 2. The fraction of sp³-hybridized carbons (Fsp3) is 0.278. The number of alkyl halides is 3. The molecule has 2 aromatic heterocycles. The Balaban J connectivity index is 1.95. The molecule has 0 aliphatic carbocycles. The monoisotopic (exact) mass is 397 g/mol. The van der Waals surface area contributed by atoms with E-state index >= 15 is 0 Å². The second-order valence-corrected chi connectivity index (χ2v) is 7.81. The third-order valence-electron chi connectivity index (χ3n) is 4.37. The summed E-state index contributed by atoms with van der Waals surface area (Å²) in [5.41, 5.74) is 0.966. The Bertz CT molecular complexity index is 946. The van der Waals surface area contributed by atoms with E-state index < -0.39 is 11.7 Å². The van der Waals surface area contributed by atoms with Crippen LogP contribution < -0.4 is 5.32 Å². The molecule has 1 aromatic carbocycles. The van der Waals surface area contributed by atoms with Crippen molar-refractivity contribution in [1.29, 1.82) is 0 Å². The number of hydrogen-bond donors (Lipinski definition) is 1. The average molecular weight is 398 g/mol. The fourth-order valence-corrected chi connectivity index (χ4v) is 4.27. The van der Waals surface area contributed by atoms with E-state index in [0.29, 0.717) is 22.4 Å². The number of thiophene rings is 1. The highest BCUT2D eigenvalue weighted by atomic mass is 35.5. The Morgan fingerprint density at radius 2 is 1.92 bits per heavy atom. The molecule has 0 atom stereocenters. The van der Waals surface area contributed by atoms with Crippen LogP contribution in [0.25, 0.3) is 16.3 Å². The molecule has 0 fully saturated rings. The summed E-state index contributed by atoms with van der Waals surface area (Å²) in [5, 5.41) is 7.84. The lowest BCUT2D eigenvalue weighted by atomic mass is 10.1. The number of para-hydroxylation sites is 1. The van der Waals surface area contributed by atoms with Gasteiger partial charge in [-0.1, -0.05) is 23.7 Å². The zero-order chi connectivity index (χ0) is 18.3. The van der Waals surface area contributed by atoms with Crippen LogP contribution in [-0.4, -0.2) is 16.3 Å². The van der Waals surface area contributed by atoms with Crippen LogP contribution in [0.4, 0.5) is 19.0 Å². The largest absolute Gasteiger partial charge is 0.418 e. The minimum atomic E-state index is -4.45. The SMILES string of the molecule is FC(F)(F)c1ccccc1-n1nc(-c2ccc(Cl)s2)c2c1NCCCC2. The van der Waals surface area contributed by atoms with Gasteiger partial charge >= 0.3 is 6.18 Å². The van der Waals surface area contributed by atoms with Crippen molar-refractivity contribution in [2.75, 3.05) is 11.9 Å². The van der Waals surface area contributed by atoms with Crippen LogP contribution >= 0.6 is 22.9 Å². The van der Waals surface area contributed by atoms with Gasteiger partial charge < -0.3 is 5.32 Å². The number of nitrogens with zero attached hydrogens (tertiary/aromatic N) is 2. The summed E-state index contributed by atoms with van der Waals surface area (Å²) >= 11 is 7.43. The molecule has 0 unspecified atom stereocenters. The number of anilines is 1. The summed E-state index contributed by atoms with van der Waals surface area (Å²) < 4.78 is 42.5. The van der Waals surface area contributed by atoms with Gasteiger partial charge in [0, 0.05) is 12.1 Å². The first kappa shape index (κ1) is 17.4. The minimum absolute atomic E-state index is 0.0274. The van der Waals surface area contributed by atoms with E-state index in [-0.39, 0.29) is 5.69 Å². The first-order valence-corrected chi connectivity index (χ1v) is 9.42. The number of rotatable bonds is 2. The minimum Gasteiger partial charge on any atom is -0.370 e. The van der Waals surface area contributed by atoms with Crippen molar-refractivity contribution in [1.82, 2.24) is 9.78 Å². The van der Waals surface area contributed by atoms with Crippen LogP contribution in [0.1, 0.15) is 24.0 Å². The van der Waals surface area contributed by atoms with Crippen molar-refractivity contribution in [3.8, 4) is 16.3 Å². The van der Waals surface area contributed by atoms with E-state index in [1.807, 2.05) is 6.07 Å². The van der Waals surface area contributed by atoms with Crippen molar-refractivity contribution in [3.05, 3.63) is 51.9 Å². The van der Waals surface area contributed by atoms with Crippen molar-refractivity contribution >= 4 is 28.8 Å². The Morgan fingerprint density at radius 3 is 2.65 bits per heavy atom. The molecule has 136 valence electrons. The molecule has 0 saturated carbocycles. The molecule has 8 heteroatoms. The smallest absolute Gasteiger partial charge is 0.370 e. The quantitative estimate of drug-likeness (QED) is 0.573. The van der Waals surface area contributed by atoms with E-state index in [1.54, 1.807) is 12.1 Å². The first-order valence-electron chi connectivity index (χ1n) is 8.23. The molecule has 0 bridgehead atoms. The second-order valence-electron chi connectivity index (χ2n) is 6.09. The van der Waals surface area contributed by atoms with Gasteiger partial charge in [0.1, 0.15) is 11.5 Å². The first-order chi connectivity index (χ1) is 12.4. The summed E-state index contributed by atoms with van der Waals surface area (Å²) in [4.78, 5) is 0.859. The van der Waals surface area contributed by atoms with Gasteiger partial charge in [0.05, 0.1) is 20.5 Å². The summed E-state index contributed by atoms with van der Waals surface area (Å²) in [6.45, 7) is 0.706. The maximum absolute atomic E-state index is 13.5. The van der Waals surface area contributed by atoms with Crippen molar-refractivity contribution < 1.29 is 13.2 Å². The molecule has 4 rings (SSSR count).